The zero-order valence-corrected chi connectivity index (χ0v) is 27.0. The number of amides is 5. The Kier molecular flexibility index (Phi) is 16.6. The summed E-state index contributed by atoms with van der Waals surface area (Å²) in [6, 6.07) is 0. The molecule has 0 aromatic rings. The van der Waals surface area contributed by atoms with Gasteiger partial charge in [-0.05, 0) is 0 Å². The van der Waals surface area contributed by atoms with E-state index >= 15 is 0 Å². The van der Waals surface area contributed by atoms with Gasteiger partial charge in [-0.3, -0.25) is 28.9 Å². The lowest BCUT2D eigenvalue weighted by Gasteiger charge is -2.34. The van der Waals surface area contributed by atoms with Gasteiger partial charge in [0.2, 0.25) is 29.5 Å². The first-order chi connectivity index (χ1) is 22.7. The summed E-state index contributed by atoms with van der Waals surface area (Å²) in [5.41, 5.74) is 15.6. The summed E-state index contributed by atoms with van der Waals surface area (Å²) in [6.45, 7) is 3.16. The molecular weight excluding hydrogens is 618 g/mol. The smallest absolute Gasteiger partial charge is 0.236 e. The first kappa shape index (κ1) is 38.4. The van der Waals surface area contributed by atoms with Crippen LogP contribution in [0.5, 0.6) is 0 Å². The SMILES string of the molecule is NCCC(=O)NCC(CNC(=O)CCN)(CNC(=O)CCN)COCCOCCOCCOCCN1C(=O)C2C3C=CC(O3)C2C1=O. The van der Waals surface area contributed by atoms with Crippen molar-refractivity contribution in [1.82, 2.24) is 20.9 Å². The number of nitrogens with one attached hydrogen (secondary N) is 3. The van der Waals surface area contributed by atoms with Crippen LogP contribution in [0, 0.1) is 17.3 Å². The molecule has 0 aromatic carbocycles. The van der Waals surface area contributed by atoms with Crippen molar-refractivity contribution in [2.75, 3.05) is 98.7 Å². The lowest BCUT2D eigenvalue weighted by Crippen LogP contribution is -2.54. The van der Waals surface area contributed by atoms with Crippen LogP contribution in [0.25, 0.3) is 0 Å². The maximum absolute atomic E-state index is 12.6. The largest absolute Gasteiger partial charge is 0.378 e. The molecule has 0 spiro atoms. The summed E-state index contributed by atoms with van der Waals surface area (Å²) in [4.78, 5) is 63.0. The van der Waals surface area contributed by atoms with Crippen molar-refractivity contribution in [3.8, 4) is 0 Å². The second kappa shape index (κ2) is 20.4. The third-order valence-electron chi connectivity index (χ3n) is 8.08. The summed E-state index contributed by atoms with van der Waals surface area (Å²) >= 11 is 0. The molecule has 2 saturated heterocycles. The highest BCUT2D eigenvalue weighted by atomic mass is 16.6. The molecule has 47 heavy (non-hydrogen) atoms. The second-order valence-electron chi connectivity index (χ2n) is 11.7. The first-order valence-electron chi connectivity index (χ1n) is 16.2. The Hall–Kier alpha value is -3.03. The second-order valence-corrected chi connectivity index (χ2v) is 11.7. The van der Waals surface area contributed by atoms with Crippen LogP contribution in [0.2, 0.25) is 0 Å². The molecule has 17 heteroatoms. The number of carbonyl (C=O) groups excluding carboxylic acids is 5. The highest BCUT2D eigenvalue weighted by Gasteiger charge is 2.60. The van der Waals surface area contributed by atoms with Gasteiger partial charge in [0.25, 0.3) is 0 Å². The van der Waals surface area contributed by atoms with Crippen molar-refractivity contribution >= 4 is 29.5 Å². The Morgan fingerprint density at radius 3 is 1.45 bits per heavy atom. The minimum absolute atomic E-state index is 0.0979. The standard InChI is InChI=1S/C30H51N7O10/c31-6-3-23(38)34-17-30(18-35-24(39)4-7-32,19-36-25(40)5-8-33)20-46-16-15-45-14-13-44-12-11-43-10-9-37-28(41)26-21-1-2-22(47-21)27(26)29(37)42/h1-2,21-22,26-27H,3-20,31-33H2,(H,34,38)(H,35,39)(H,36,40). The van der Waals surface area contributed by atoms with Crippen LogP contribution in [-0.4, -0.2) is 145 Å². The van der Waals surface area contributed by atoms with Crippen molar-refractivity contribution in [1.29, 1.82) is 0 Å². The van der Waals surface area contributed by atoms with E-state index in [2.05, 4.69) is 16.0 Å². The molecule has 0 saturated carbocycles. The topological polar surface area (TPSA) is 249 Å². The lowest BCUT2D eigenvalue weighted by molar-refractivity contribution is -0.143. The summed E-state index contributed by atoms with van der Waals surface area (Å²) in [6.07, 6.45) is 3.51. The Labute approximate surface area is 274 Å². The Bertz CT molecular complexity index is 993. The number of carbonyl (C=O) groups is 5. The van der Waals surface area contributed by atoms with Crippen molar-refractivity contribution in [2.45, 2.75) is 31.5 Å². The first-order valence-corrected chi connectivity index (χ1v) is 16.2. The molecule has 4 atom stereocenters. The average molecular weight is 670 g/mol. The quantitative estimate of drug-likeness (QED) is 0.0296. The number of hydrogen-bond acceptors (Lipinski definition) is 13. The number of imide groups is 1. The molecule has 9 N–H and O–H groups in total. The average Bonchev–Trinajstić information content (AvgIpc) is 3.74. The maximum Gasteiger partial charge on any atom is 0.236 e. The van der Waals surface area contributed by atoms with Crippen molar-refractivity contribution < 1.29 is 47.7 Å². The molecule has 3 aliphatic rings. The third-order valence-corrected chi connectivity index (χ3v) is 8.08. The molecule has 3 heterocycles. The molecule has 266 valence electrons. The summed E-state index contributed by atoms with van der Waals surface area (Å²) in [5, 5.41) is 8.44. The normalized spacial score (nSPS) is 21.4. The summed E-state index contributed by atoms with van der Waals surface area (Å²) < 4.78 is 28.1. The van der Waals surface area contributed by atoms with Gasteiger partial charge in [0.05, 0.1) is 83.4 Å². The molecule has 0 radical (unpaired) electrons. The predicted molar refractivity (Wildman–Crippen MR) is 167 cm³/mol. The number of rotatable bonds is 26. The zero-order chi connectivity index (χ0) is 34.1. The molecular formula is C30H51N7O10. The minimum atomic E-state index is -0.860. The molecule has 2 bridgehead atoms. The van der Waals surface area contributed by atoms with Crippen LogP contribution in [0.15, 0.2) is 12.2 Å². The molecule has 5 amide bonds. The summed E-state index contributed by atoms with van der Waals surface area (Å²) in [5.74, 6) is -1.98. The van der Waals surface area contributed by atoms with E-state index in [4.69, 9.17) is 40.9 Å². The lowest BCUT2D eigenvalue weighted by atomic mass is 9.85. The summed E-state index contributed by atoms with van der Waals surface area (Å²) in [7, 11) is 0. The predicted octanol–water partition coefficient (Wildman–Crippen LogP) is -3.63. The highest BCUT2D eigenvalue weighted by molar-refractivity contribution is 6.06. The van der Waals surface area contributed by atoms with Crippen LogP contribution in [-0.2, 0) is 47.7 Å². The van der Waals surface area contributed by atoms with Crippen molar-refractivity contribution in [2.24, 2.45) is 34.5 Å². The Morgan fingerprint density at radius 1 is 0.660 bits per heavy atom. The van der Waals surface area contributed by atoms with Crippen LogP contribution in [0.3, 0.4) is 0 Å². The van der Waals surface area contributed by atoms with E-state index in [1.54, 1.807) is 0 Å². The van der Waals surface area contributed by atoms with Gasteiger partial charge in [-0.2, -0.15) is 0 Å². The van der Waals surface area contributed by atoms with E-state index < -0.39 is 17.3 Å². The van der Waals surface area contributed by atoms with Gasteiger partial charge in [-0.25, -0.2) is 0 Å². The van der Waals surface area contributed by atoms with E-state index in [1.807, 2.05) is 12.2 Å². The number of nitrogens with two attached hydrogens (primary N) is 3. The van der Waals surface area contributed by atoms with E-state index in [1.165, 1.54) is 4.90 Å². The van der Waals surface area contributed by atoms with E-state index in [9.17, 15) is 24.0 Å². The van der Waals surface area contributed by atoms with Crippen molar-refractivity contribution in [3.05, 3.63) is 12.2 Å². The van der Waals surface area contributed by atoms with Gasteiger partial charge >= 0.3 is 0 Å². The fourth-order valence-electron chi connectivity index (χ4n) is 5.55. The number of ether oxygens (including phenoxy) is 5. The number of nitrogens with zero attached hydrogens (tertiary/aromatic N) is 1. The highest BCUT2D eigenvalue weighted by Crippen LogP contribution is 2.44. The van der Waals surface area contributed by atoms with Gasteiger partial charge in [-0.15, -0.1) is 0 Å². The number of likely N-dealkylation sites (tertiary alicyclic amines) is 1. The monoisotopic (exact) mass is 669 g/mol. The van der Waals surface area contributed by atoms with Crippen LogP contribution in [0.4, 0.5) is 0 Å². The molecule has 0 aromatic heterocycles. The van der Waals surface area contributed by atoms with E-state index in [0.717, 1.165) is 0 Å². The van der Waals surface area contributed by atoms with Crippen LogP contribution >= 0.6 is 0 Å². The minimum Gasteiger partial charge on any atom is -0.378 e. The number of hydrogen-bond donors (Lipinski definition) is 6. The van der Waals surface area contributed by atoms with Gasteiger partial charge in [0, 0.05) is 63.9 Å². The Balaban J connectivity index is 1.29. The molecule has 0 aliphatic carbocycles. The fraction of sp³-hybridized carbons (Fsp3) is 0.767. The van der Waals surface area contributed by atoms with Gasteiger partial charge < -0.3 is 56.8 Å². The molecule has 3 aliphatic heterocycles. The van der Waals surface area contributed by atoms with Gasteiger partial charge in [-0.1, -0.05) is 12.2 Å². The third kappa shape index (κ3) is 11.9. The molecule has 3 rings (SSSR count). The molecule has 2 fully saturated rings. The van der Waals surface area contributed by atoms with Crippen LogP contribution < -0.4 is 33.2 Å². The molecule has 17 nitrogen and oxygen atoms in total. The van der Waals surface area contributed by atoms with Crippen molar-refractivity contribution in [3.63, 3.8) is 0 Å². The fourth-order valence-corrected chi connectivity index (χ4v) is 5.55. The van der Waals surface area contributed by atoms with Gasteiger partial charge in [0.15, 0.2) is 0 Å². The number of fused-ring (bicyclic) bond motifs is 5. The Morgan fingerprint density at radius 2 is 1.04 bits per heavy atom. The van der Waals surface area contributed by atoms with E-state index in [0.29, 0.717) is 26.4 Å². The molecule has 4 unspecified atom stereocenters. The zero-order valence-electron chi connectivity index (χ0n) is 27.0. The van der Waals surface area contributed by atoms with Gasteiger partial charge in [0.1, 0.15) is 0 Å². The maximum atomic E-state index is 12.6. The van der Waals surface area contributed by atoms with Crippen LogP contribution in [0.1, 0.15) is 19.3 Å². The van der Waals surface area contributed by atoms with E-state index in [-0.39, 0.29) is 133 Å².